The highest BCUT2D eigenvalue weighted by Gasteiger charge is 2.29. The quantitative estimate of drug-likeness (QED) is 0.719. The number of aromatic nitrogens is 1. The van der Waals surface area contributed by atoms with Gasteiger partial charge in [-0.3, -0.25) is 10.1 Å². The molecule has 0 bridgehead atoms. The van der Waals surface area contributed by atoms with Crippen molar-refractivity contribution in [1.29, 1.82) is 0 Å². The van der Waals surface area contributed by atoms with E-state index in [-0.39, 0.29) is 22.7 Å². The first-order valence-corrected chi connectivity index (χ1v) is 10.9. The monoisotopic (exact) mass is 384 g/mol. The fourth-order valence-corrected chi connectivity index (χ4v) is 5.25. The van der Waals surface area contributed by atoms with Crippen molar-refractivity contribution in [3.05, 3.63) is 17.8 Å². The van der Waals surface area contributed by atoms with E-state index in [9.17, 15) is 4.79 Å². The molecule has 1 aromatic heterocycles. The topological polar surface area (TPSA) is 79.2 Å². The fraction of sp³-hybridized carbons (Fsp3) is 0.765. The smallest absolute Gasteiger partial charge is 0.225 e. The summed E-state index contributed by atoms with van der Waals surface area (Å²) in [5, 5.41) is 9.81. The number of hydrogen-bond acceptors (Lipinski definition) is 7. The molecule has 3 heterocycles. The van der Waals surface area contributed by atoms with E-state index < -0.39 is 0 Å². The highest BCUT2D eigenvalue weighted by Crippen LogP contribution is 2.33. The summed E-state index contributed by atoms with van der Waals surface area (Å²) in [6, 6.07) is 0. The van der Waals surface area contributed by atoms with Gasteiger partial charge in [0.1, 0.15) is 11.3 Å². The van der Waals surface area contributed by atoms with Gasteiger partial charge in [0.25, 0.3) is 0 Å². The van der Waals surface area contributed by atoms with Crippen molar-refractivity contribution in [3.63, 3.8) is 0 Å². The molecule has 0 aromatic carbocycles. The third-order valence-electron chi connectivity index (χ3n) is 4.43. The number of rotatable bonds is 5. The summed E-state index contributed by atoms with van der Waals surface area (Å²) in [4.78, 5) is 16.7. The lowest BCUT2D eigenvalue weighted by Crippen LogP contribution is -2.45. The largest absolute Gasteiger partial charge is 0.444 e. The number of piperidine rings is 1. The summed E-state index contributed by atoms with van der Waals surface area (Å²) in [5.41, 5.74) is -0.00145. The van der Waals surface area contributed by atoms with E-state index in [1.54, 1.807) is 11.8 Å². The van der Waals surface area contributed by atoms with Crippen LogP contribution in [0.1, 0.15) is 45.3 Å². The molecule has 140 valence electrons. The Morgan fingerprint density at radius 3 is 2.88 bits per heavy atom. The Labute approximate surface area is 158 Å². The Balaban J connectivity index is 1.40. The summed E-state index contributed by atoms with van der Waals surface area (Å²) in [6.45, 7) is 9.12. The Hall–Kier alpha value is -0.700. The average molecular weight is 385 g/mol. The van der Waals surface area contributed by atoms with Gasteiger partial charge in [-0.15, -0.1) is 23.5 Å². The fourth-order valence-electron chi connectivity index (χ4n) is 2.85. The predicted octanol–water partition coefficient (Wildman–Crippen LogP) is 2.27. The highest BCUT2D eigenvalue weighted by molar-refractivity contribution is 8.17. The Bertz CT molecular complexity index is 581. The van der Waals surface area contributed by atoms with Gasteiger partial charge < -0.3 is 15.1 Å². The van der Waals surface area contributed by atoms with Gasteiger partial charge in [-0.05, 0) is 25.9 Å². The van der Waals surface area contributed by atoms with E-state index >= 15 is 0 Å². The van der Waals surface area contributed by atoms with Crippen LogP contribution in [0.4, 0.5) is 0 Å². The molecule has 8 heteroatoms. The maximum Gasteiger partial charge on any atom is 0.225 e. The second kappa shape index (κ2) is 8.33. The first-order chi connectivity index (χ1) is 11.9. The number of carbonyl (C=O) groups is 1. The van der Waals surface area contributed by atoms with Crippen LogP contribution >= 0.6 is 23.5 Å². The first-order valence-electron chi connectivity index (χ1n) is 8.88. The number of nitrogens with zero attached hydrogens (tertiary/aromatic N) is 1. The molecule has 3 rings (SSSR count). The zero-order chi connectivity index (χ0) is 17.9. The van der Waals surface area contributed by atoms with Crippen LogP contribution in [0, 0.1) is 5.92 Å². The summed E-state index contributed by atoms with van der Waals surface area (Å²) in [6.07, 6.45) is 3.70. The van der Waals surface area contributed by atoms with Crippen LogP contribution in [0.15, 0.2) is 10.6 Å². The van der Waals surface area contributed by atoms with Gasteiger partial charge in [0.05, 0.1) is 16.5 Å². The van der Waals surface area contributed by atoms with Crippen LogP contribution in [-0.2, 0) is 16.0 Å². The Kier molecular flexibility index (Phi) is 6.35. The molecule has 2 fully saturated rings. The number of carbonyl (C=O) groups excluding carboxylic acids is 1. The second-order valence-electron chi connectivity index (χ2n) is 7.57. The molecule has 1 aromatic rings. The lowest BCUT2D eigenvalue weighted by Gasteiger charge is -2.23. The van der Waals surface area contributed by atoms with Crippen LogP contribution in [0.2, 0.25) is 0 Å². The maximum atomic E-state index is 12.3. The normalized spacial score (nSPS) is 25.2. The van der Waals surface area contributed by atoms with Gasteiger partial charge in [0, 0.05) is 17.9 Å². The molecule has 3 N–H and O–H groups in total. The van der Waals surface area contributed by atoms with Crippen molar-refractivity contribution in [2.24, 2.45) is 5.92 Å². The van der Waals surface area contributed by atoms with Crippen molar-refractivity contribution in [2.75, 3.05) is 19.6 Å². The van der Waals surface area contributed by atoms with Crippen molar-refractivity contribution >= 4 is 29.4 Å². The van der Waals surface area contributed by atoms with Crippen LogP contribution in [0.3, 0.4) is 0 Å². The summed E-state index contributed by atoms with van der Waals surface area (Å²) < 4.78 is 6.23. The van der Waals surface area contributed by atoms with Crippen molar-refractivity contribution < 1.29 is 9.21 Å². The van der Waals surface area contributed by atoms with E-state index in [2.05, 4.69) is 41.7 Å². The molecular formula is C17H28N4O2S2. The van der Waals surface area contributed by atoms with E-state index in [0.717, 1.165) is 49.9 Å². The molecule has 1 amide bonds. The van der Waals surface area contributed by atoms with E-state index in [1.807, 2.05) is 18.0 Å². The van der Waals surface area contributed by atoms with Crippen LogP contribution in [-0.4, -0.2) is 40.6 Å². The van der Waals surface area contributed by atoms with Gasteiger partial charge in [-0.2, -0.15) is 0 Å². The third-order valence-corrected chi connectivity index (χ3v) is 7.15. The zero-order valence-corrected chi connectivity index (χ0v) is 16.8. The Morgan fingerprint density at radius 1 is 1.44 bits per heavy atom. The minimum absolute atomic E-state index is 0.00887. The van der Waals surface area contributed by atoms with Crippen LogP contribution < -0.4 is 16.0 Å². The predicted molar refractivity (Wildman–Crippen MR) is 103 cm³/mol. The first kappa shape index (κ1) is 19.1. The average Bonchev–Trinajstić information content (AvgIpc) is 3.22. The van der Waals surface area contributed by atoms with Gasteiger partial charge in [0.15, 0.2) is 0 Å². The maximum absolute atomic E-state index is 12.3. The molecule has 25 heavy (non-hydrogen) atoms. The standard InChI is InChI=1S/C17H28N4O2S2/c1-17(2,3)12-8-19-13(23-12)10-24-14-9-20-16(25-14)21-15(22)11-4-6-18-7-5-11/h8,11,14,16,18,20H,4-7,9-10H2,1-3H3,(H,21,22). The van der Waals surface area contributed by atoms with Crippen molar-refractivity contribution in [3.8, 4) is 0 Å². The highest BCUT2D eigenvalue weighted by atomic mass is 32.2. The number of oxazole rings is 1. The molecular weight excluding hydrogens is 356 g/mol. The van der Waals surface area contributed by atoms with E-state index in [0.29, 0.717) is 4.58 Å². The van der Waals surface area contributed by atoms with E-state index in [4.69, 9.17) is 4.42 Å². The molecule has 0 radical (unpaired) electrons. The lowest BCUT2D eigenvalue weighted by molar-refractivity contribution is -0.126. The molecule has 2 saturated heterocycles. The molecule has 0 saturated carbocycles. The van der Waals surface area contributed by atoms with Gasteiger partial charge in [0.2, 0.25) is 11.8 Å². The molecule has 0 aliphatic carbocycles. The molecule has 6 nitrogen and oxygen atoms in total. The number of nitrogens with one attached hydrogen (secondary N) is 3. The Morgan fingerprint density at radius 2 is 2.20 bits per heavy atom. The van der Waals surface area contributed by atoms with Gasteiger partial charge in [-0.25, -0.2) is 4.98 Å². The SMILES string of the molecule is CC(C)(C)c1cnc(CSC2CNC(NC(=O)C3CCNCC3)S2)o1. The number of hydrogen-bond donors (Lipinski definition) is 3. The van der Waals surface area contributed by atoms with E-state index in [1.165, 1.54) is 0 Å². The van der Waals surface area contributed by atoms with Gasteiger partial charge >= 0.3 is 0 Å². The third kappa shape index (κ3) is 5.39. The lowest BCUT2D eigenvalue weighted by atomic mass is 9.94. The molecule has 2 aliphatic heterocycles. The van der Waals surface area contributed by atoms with Gasteiger partial charge in [-0.1, -0.05) is 20.8 Å². The van der Waals surface area contributed by atoms with Crippen LogP contribution in [0.25, 0.3) is 0 Å². The zero-order valence-electron chi connectivity index (χ0n) is 15.1. The molecule has 2 aliphatic rings. The molecule has 2 atom stereocenters. The minimum atomic E-state index is -0.0103. The second-order valence-corrected chi connectivity index (χ2v) is 10.4. The minimum Gasteiger partial charge on any atom is -0.444 e. The van der Waals surface area contributed by atoms with Crippen LogP contribution in [0.5, 0.6) is 0 Å². The number of thioether (sulfide) groups is 2. The molecule has 2 unspecified atom stereocenters. The molecule has 0 spiro atoms. The number of amides is 1. The summed E-state index contributed by atoms with van der Waals surface area (Å²) >= 11 is 3.58. The summed E-state index contributed by atoms with van der Waals surface area (Å²) in [5.74, 6) is 2.79. The van der Waals surface area contributed by atoms with Crippen molar-refractivity contribution in [1.82, 2.24) is 20.9 Å². The summed E-state index contributed by atoms with van der Waals surface area (Å²) in [7, 11) is 0. The van der Waals surface area contributed by atoms with Crippen molar-refractivity contribution in [2.45, 2.75) is 54.9 Å².